The average Bonchev–Trinajstić information content (AvgIpc) is 3.59. The summed E-state index contributed by atoms with van der Waals surface area (Å²) in [6.07, 6.45) is 6.12. The van der Waals surface area contributed by atoms with E-state index in [0.29, 0.717) is 30.7 Å². The van der Waals surface area contributed by atoms with Crippen LogP contribution >= 0.6 is 11.3 Å². The Labute approximate surface area is 224 Å². The lowest BCUT2D eigenvalue weighted by Gasteiger charge is -2.52. The van der Waals surface area contributed by atoms with Crippen LogP contribution in [0.2, 0.25) is 0 Å². The molecule has 6 rings (SSSR count). The molecule has 0 unspecified atom stereocenters. The third-order valence-electron chi connectivity index (χ3n) is 8.41. The predicted molar refractivity (Wildman–Crippen MR) is 143 cm³/mol. The van der Waals surface area contributed by atoms with Crippen LogP contribution < -0.4 is 16.0 Å². The Morgan fingerprint density at radius 3 is 2.34 bits per heavy atom. The van der Waals surface area contributed by atoms with Gasteiger partial charge in [-0.2, -0.15) is 0 Å². The minimum absolute atomic E-state index is 0.189. The number of fused-ring (bicyclic) bond motifs is 4. The third-order valence-corrected chi connectivity index (χ3v) is 10.9. The number of nitrogens with one attached hydrogen (secondary N) is 2. The van der Waals surface area contributed by atoms with E-state index < -0.39 is 16.0 Å². The summed E-state index contributed by atoms with van der Waals surface area (Å²) in [5.74, 6) is -0.517. The second-order valence-electron chi connectivity index (χ2n) is 10.7. The average molecular weight is 564 g/mol. The fourth-order valence-electron chi connectivity index (χ4n) is 6.14. The summed E-state index contributed by atoms with van der Waals surface area (Å²) in [6.45, 7) is 5.00. The molecule has 0 spiro atoms. The van der Waals surface area contributed by atoms with Crippen molar-refractivity contribution in [3.05, 3.63) is 43.0 Å². The van der Waals surface area contributed by atoms with Gasteiger partial charge in [-0.05, 0) is 68.2 Å². The van der Waals surface area contributed by atoms with Crippen LogP contribution in [0.5, 0.6) is 0 Å². The summed E-state index contributed by atoms with van der Waals surface area (Å²) in [5, 5.41) is 10.8. The highest BCUT2D eigenvalue weighted by atomic mass is 32.2. The topological polar surface area (TPSA) is 156 Å². The molecule has 2 bridgehead atoms. The molecule has 3 aromatic rings. The van der Waals surface area contributed by atoms with Crippen LogP contribution in [0, 0.1) is 5.41 Å². The molecule has 38 heavy (non-hydrogen) atoms. The zero-order valence-corrected chi connectivity index (χ0v) is 23.2. The first-order valence-corrected chi connectivity index (χ1v) is 15.5. The quantitative estimate of drug-likeness (QED) is 0.342. The van der Waals surface area contributed by atoms with Crippen molar-refractivity contribution in [1.82, 2.24) is 23.8 Å². The Kier molecular flexibility index (Phi) is 6.89. The Morgan fingerprint density at radius 2 is 1.74 bits per heavy atom. The lowest BCUT2D eigenvalue weighted by Crippen LogP contribution is -2.49. The number of imidazole rings is 1. The van der Waals surface area contributed by atoms with E-state index in [4.69, 9.17) is 4.98 Å². The number of hydrogen-bond acceptors (Lipinski definition) is 7. The van der Waals surface area contributed by atoms with Crippen molar-refractivity contribution < 1.29 is 18.3 Å². The van der Waals surface area contributed by atoms with Crippen LogP contribution in [0.15, 0.2) is 25.9 Å². The molecule has 0 saturated heterocycles. The number of aromatic nitrogens is 4. The summed E-state index contributed by atoms with van der Waals surface area (Å²) >= 11 is 0.892. The van der Waals surface area contributed by atoms with Crippen LogP contribution in [-0.2, 0) is 28.5 Å². The van der Waals surface area contributed by atoms with Crippen molar-refractivity contribution in [2.24, 2.45) is 5.41 Å². The van der Waals surface area contributed by atoms with E-state index in [1.165, 1.54) is 16.0 Å². The van der Waals surface area contributed by atoms with Gasteiger partial charge < -0.3 is 10.1 Å². The first-order valence-electron chi connectivity index (χ1n) is 13.1. The van der Waals surface area contributed by atoms with Crippen molar-refractivity contribution in [2.75, 3.05) is 6.54 Å². The van der Waals surface area contributed by atoms with Crippen molar-refractivity contribution in [1.29, 1.82) is 0 Å². The maximum Gasteiger partial charge on any atom is 0.347 e. The molecule has 0 aliphatic heterocycles. The van der Waals surface area contributed by atoms with E-state index in [1.807, 2.05) is 13.8 Å². The van der Waals surface area contributed by atoms with Crippen LogP contribution in [-0.4, -0.2) is 45.1 Å². The van der Waals surface area contributed by atoms with E-state index in [0.717, 1.165) is 62.1 Å². The Hall–Kier alpha value is -2.77. The van der Waals surface area contributed by atoms with Gasteiger partial charge in [0.15, 0.2) is 5.65 Å². The number of sulfonamides is 1. The monoisotopic (exact) mass is 563 g/mol. The van der Waals surface area contributed by atoms with E-state index >= 15 is 0 Å². The maximum absolute atomic E-state index is 13.2. The van der Waals surface area contributed by atoms with Gasteiger partial charge in [0.25, 0.3) is 5.56 Å². The minimum Gasteiger partial charge on any atom is -0.477 e. The third kappa shape index (κ3) is 4.34. The molecule has 3 heterocycles. The number of carboxylic acids is 1. The number of rotatable bonds is 10. The van der Waals surface area contributed by atoms with Gasteiger partial charge in [0.2, 0.25) is 10.0 Å². The normalized spacial score (nSPS) is 23.3. The molecule has 0 amide bonds. The fourth-order valence-corrected chi connectivity index (χ4v) is 8.55. The van der Waals surface area contributed by atoms with E-state index in [9.17, 15) is 27.9 Å². The summed E-state index contributed by atoms with van der Waals surface area (Å²) in [5.41, 5.74) is -0.331. The Balaban J connectivity index is 1.39. The van der Waals surface area contributed by atoms with Crippen molar-refractivity contribution in [3.63, 3.8) is 0 Å². The Morgan fingerprint density at radius 1 is 1.11 bits per heavy atom. The van der Waals surface area contributed by atoms with E-state index in [-0.39, 0.29) is 38.4 Å². The lowest BCUT2D eigenvalue weighted by molar-refractivity contribution is 0.0402. The molecular formula is C25H33N5O6S2. The summed E-state index contributed by atoms with van der Waals surface area (Å²) in [6, 6.07) is 1.33. The molecule has 0 aromatic carbocycles. The molecule has 0 radical (unpaired) electrons. The summed E-state index contributed by atoms with van der Waals surface area (Å²) in [7, 11) is -3.94. The summed E-state index contributed by atoms with van der Waals surface area (Å²) in [4.78, 5) is 45.4. The van der Waals surface area contributed by atoms with E-state index in [1.54, 1.807) is 4.57 Å². The molecule has 3 N–H and O–H groups in total. The maximum atomic E-state index is 13.2. The number of H-pyrrole nitrogens is 1. The first kappa shape index (κ1) is 26.8. The largest absolute Gasteiger partial charge is 0.477 e. The Bertz CT molecular complexity index is 1590. The second-order valence-corrected chi connectivity index (χ2v) is 13.4. The smallest absolute Gasteiger partial charge is 0.347 e. The number of carbonyl (C=O) groups is 1. The number of hydrogen-bond donors (Lipinski definition) is 3. The number of nitrogens with zero attached hydrogens (tertiary/aromatic N) is 3. The zero-order valence-electron chi connectivity index (χ0n) is 21.6. The number of aromatic amines is 1. The SMILES string of the molecule is CCCn1c(=O)c2[nH]c(C34CCC(CNS(=O)(=O)c5ccsc5C(=O)O)(CC3)CC4)nc2n(CCC)c1=O. The predicted octanol–water partition coefficient (Wildman–Crippen LogP) is 3.04. The lowest BCUT2D eigenvalue weighted by atomic mass is 9.53. The van der Waals surface area contributed by atoms with Crippen molar-refractivity contribution in [2.45, 2.75) is 88.6 Å². The van der Waals surface area contributed by atoms with Crippen molar-refractivity contribution in [3.8, 4) is 0 Å². The molecule has 11 nitrogen and oxygen atoms in total. The van der Waals surface area contributed by atoms with Crippen molar-refractivity contribution >= 4 is 38.5 Å². The molecule has 206 valence electrons. The highest BCUT2D eigenvalue weighted by molar-refractivity contribution is 7.89. The van der Waals surface area contributed by atoms with Gasteiger partial charge in [-0.25, -0.2) is 27.7 Å². The second kappa shape index (κ2) is 9.76. The molecule has 13 heteroatoms. The van der Waals surface area contributed by atoms with Crippen LogP contribution in [0.1, 0.15) is 80.7 Å². The molecule has 3 fully saturated rings. The van der Waals surface area contributed by atoms with Gasteiger partial charge in [-0.15, -0.1) is 11.3 Å². The summed E-state index contributed by atoms with van der Waals surface area (Å²) < 4.78 is 31.4. The molecule has 3 aromatic heterocycles. The van der Waals surface area contributed by atoms with Gasteiger partial charge >= 0.3 is 11.7 Å². The van der Waals surface area contributed by atoms with Crippen LogP contribution in [0.25, 0.3) is 11.2 Å². The van der Waals surface area contributed by atoms with Gasteiger partial charge in [-0.1, -0.05) is 13.8 Å². The van der Waals surface area contributed by atoms with E-state index in [2.05, 4.69) is 9.71 Å². The molecule has 3 saturated carbocycles. The van der Waals surface area contributed by atoms with Gasteiger partial charge in [0.1, 0.15) is 21.1 Å². The van der Waals surface area contributed by atoms with Gasteiger partial charge in [-0.3, -0.25) is 13.9 Å². The molecular weight excluding hydrogens is 530 g/mol. The minimum atomic E-state index is -3.94. The van der Waals surface area contributed by atoms with Crippen LogP contribution in [0.4, 0.5) is 0 Å². The highest BCUT2D eigenvalue weighted by Gasteiger charge is 2.51. The zero-order chi connectivity index (χ0) is 27.3. The fraction of sp³-hybridized carbons (Fsp3) is 0.600. The van der Waals surface area contributed by atoms with Crippen LogP contribution in [0.3, 0.4) is 0 Å². The number of carboxylic acid groups (broad SMARTS) is 1. The highest BCUT2D eigenvalue weighted by Crippen LogP contribution is 2.57. The number of aromatic carboxylic acids is 1. The molecule has 3 aliphatic rings. The molecule has 0 atom stereocenters. The first-order chi connectivity index (χ1) is 18.1. The number of aryl methyl sites for hydroxylation is 1. The van der Waals surface area contributed by atoms with Gasteiger partial charge in [0, 0.05) is 25.0 Å². The molecule has 3 aliphatic carbocycles. The number of thiophene rings is 1. The standard InChI is InChI=1S/C25H33N5O6S2/c1-3-12-29-19-17(20(31)30(13-4-2)23(29)34)27-22(28-19)25-9-6-24(7-10-25,8-11-25)15-26-38(35,36)16-5-14-37-18(16)21(32)33/h5,14,26H,3-4,6-13,15H2,1-2H3,(H,27,28)(H,32,33). The van der Waals surface area contributed by atoms with Gasteiger partial charge in [0.05, 0.1) is 0 Å².